The number of hydrogen-bond donors (Lipinski definition) is 4. The maximum atomic E-state index is 12.8. The molecule has 8 nitrogen and oxygen atoms in total. The van der Waals surface area contributed by atoms with E-state index in [1.165, 1.54) is 10.4 Å². The molecule has 0 aromatic carbocycles. The van der Waals surface area contributed by atoms with Crippen molar-refractivity contribution >= 4 is 17.7 Å². The molecular weight excluding hydrogens is 314 g/mol. The minimum absolute atomic E-state index is 0.0308. The molecule has 1 saturated heterocycles. The Morgan fingerprint density at radius 2 is 1.96 bits per heavy atom. The van der Waals surface area contributed by atoms with E-state index in [0.29, 0.717) is 32.2 Å². The van der Waals surface area contributed by atoms with Gasteiger partial charge in [0.25, 0.3) is 5.91 Å². The SMILES string of the molecule is CCCCC(C(=O)N1CCC[C@H]1C(=O)NC(C)C)C(O)C(=O)NO. The summed E-state index contributed by atoms with van der Waals surface area (Å²) < 4.78 is 0. The highest BCUT2D eigenvalue weighted by Gasteiger charge is 2.40. The number of nitrogens with zero attached hydrogens (tertiary/aromatic N) is 1. The van der Waals surface area contributed by atoms with E-state index in [9.17, 15) is 19.5 Å². The van der Waals surface area contributed by atoms with Gasteiger partial charge in [-0.1, -0.05) is 19.8 Å². The van der Waals surface area contributed by atoms with Crippen molar-refractivity contribution in [3.63, 3.8) is 0 Å². The quantitative estimate of drug-likeness (QED) is 0.370. The average molecular weight is 343 g/mol. The Bertz CT molecular complexity index is 455. The molecule has 1 fully saturated rings. The van der Waals surface area contributed by atoms with Crippen molar-refractivity contribution in [2.45, 2.75) is 71.1 Å². The summed E-state index contributed by atoms with van der Waals surface area (Å²) in [4.78, 5) is 38.1. The van der Waals surface area contributed by atoms with Crippen molar-refractivity contribution in [2.75, 3.05) is 6.54 Å². The number of rotatable bonds is 8. The van der Waals surface area contributed by atoms with Gasteiger partial charge in [-0.3, -0.25) is 19.6 Å². The molecule has 8 heteroatoms. The Morgan fingerprint density at radius 3 is 2.50 bits per heavy atom. The summed E-state index contributed by atoms with van der Waals surface area (Å²) in [6, 6.07) is -0.606. The molecule has 4 N–H and O–H groups in total. The van der Waals surface area contributed by atoms with E-state index < -0.39 is 29.9 Å². The smallest absolute Gasteiger partial charge is 0.272 e. The maximum Gasteiger partial charge on any atom is 0.272 e. The van der Waals surface area contributed by atoms with E-state index in [-0.39, 0.29) is 11.9 Å². The molecule has 0 radical (unpaired) electrons. The second-order valence-corrected chi connectivity index (χ2v) is 6.52. The van der Waals surface area contributed by atoms with Gasteiger partial charge in [0, 0.05) is 12.6 Å². The average Bonchev–Trinajstić information content (AvgIpc) is 3.03. The molecule has 3 atom stereocenters. The fourth-order valence-corrected chi connectivity index (χ4v) is 2.99. The second-order valence-electron chi connectivity index (χ2n) is 6.52. The largest absolute Gasteiger partial charge is 0.382 e. The monoisotopic (exact) mass is 343 g/mol. The lowest BCUT2D eigenvalue weighted by atomic mass is 9.93. The molecule has 1 rings (SSSR count). The van der Waals surface area contributed by atoms with Crippen molar-refractivity contribution in [2.24, 2.45) is 5.92 Å². The Kier molecular flexibility index (Phi) is 8.14. The number of unbranched alkanes of at least 4 members (excludes halogenated alkanes) is 1. The summed E-state index contributed by atoms with van der Waals surface area (Å²) in [6.45, 7) is 6.05. The number of likely N-dealkylation sites (tertiary alicyclic amines) is 1. The van der Waals surface area contributed by atoms with Crippen LogP contribution in [-0.4, -0.2) is 57.7 Å². The Morgan fingerprint density at radius 1 is 1.29 bits per heavy atom. The van der Waals surface area contributed by atoms with Gasteiger partial charge in [-0.05, 0) is 33.1 Å². The summed E-state index contributed by atoms with van der Waals surface area (Å²) >= 11 is 0. The van der Waals surface area contributed by atoms with Gasteiger partial charge in [0.15, 0.2) is 0 Å². The van der Waals surface area contributed by atoms with Gasteiger partial charge in [0.1, 0.15) is 12.1 Å². The van der Waals surface area contributed by atoms with E-state index in [4.69, 9.17) is 5.21 Å². The molecule has 138 valence electrons. The second kappa shape index (κ2) is 9.58. The Balaban J connectivity index is 2.90. The highest BCUT2D eigenvalue weighted by Crippen LogP contribution is 2.24. The third-order valence-corrected chi connectivity index (χ3v) is 4.22. The van der Waals surface area contributed by atoms with Gasteiger partial charge >= 0.3 is 0 Å². The number of aliphatic hydroxyl groups is 1. The lowest BCUT2D eigenvalue weighted by Crippen LogP contribution is -2.52. The van der Waals surface area contributed by atoms with Crippen molar-refractivity contribution in [1.82, 2.24) is 15.7 Å². The lowest BCUT2D eigenvalue weighted by molar-refractivity contribution is -0.152. The highest BCUT2D eigenvalue weighted by atomic mass is 16.5. The van der Waals surface area contributed by atoms with Crippen LogP contribution in [0.2, 0.25) is 0 Å². The minimum Gasteiger partial charge on any atom is -0.382 e. The van der Waals surface area contributed by atoms with Gasteiger partial charge < -0.3 is 15.3 Å². The first-order valence-corrected chi connectivity index (χ1v) is 8.56. The van der Waals surface area contributed by atoms with Crippen molar-refractivity contribution in [1.29, 1.82) is 0 Å². The normalized spacial score (nSPS) is 19.9. The first kappa shape index (κ1) is 20.4. The number of hydrogen-bond acceptors (Lipinski definition) is 5. The topological polar surface area (TPSA) is 119 Å². The van der Waals surface area contributed by atoms with Gasteiger partial charge in [-0.15, -0.1) is 0 Å². The molecule has 24 heavy (non-hydrogen) atoms. The number of nitrogens with one attached hydrogen (secondary N) is 2. The van der Waals surface area contributed by atoms with Crippen LogP contribution in [0.25, 0.3) is 0 Å². The van der Waals surface area contributed by atoms with E-state index in [1.54, 1.807) is 0 Å². The molecule has 1 heterocycles. The molecule has 0 aromatic rings. The lowest BCUT2D eigenvalue weighted by Gasteiger charge is -2.30. The molecule has 1 aliphatic rings. The molecule has 0 aliphatic carbocycles. The number of hydroxylamine groups is 1. The van der Waals surface area contributed by atoms with Crippen LogP contribution in [0.15, 0.2) is 0 Å². The maximum absolute atomic E-state index is 12.8. The first-order chi connectivity index (χ1) is 11.3. The highest BCUT2D eigenvalue weighted by molar-refractivity contribution is 5.92. The van der Waals surface area contributed by atoms with Crippen LogP contribution in [0, 0.1) is 5.92 Å². The van der Waals surface area contributed by atoms with E-state index >= 15 is 0 Å². The van der Waals surface area contributed by atoms with E-state index in [1.807, 2.05) is 20.8 Å². The predicted octanol–water partition coefficient (Wildman–Crippen LogP) is 0.175. The van der Waals surface area contributed by atoms with Crippen LogP contribution >= 0.6 is 0 Å². The van der Waals surface area contributed by atoms with Gasteiger partial charge in [-0.25, -0.2) is 5.48 Å². The van der Waals surface area contributed by atoms with Gasteiger partial charge in [0.2, 0.25) is 11.8 Å². The zero-order chi connectivity index (χ0) is 18.3. The predicted molar refractivity (Wildman–Crippen MR) is 87.0 cm³/mol. The van der Waals surface area contributed by atoms with Crippen molar-refractivity contribution < 1.29 is 24.7 Å². The van der Waals surface area contributed by atoms with Crippen LogP contribution in [-0.2, 0) is 14.4 Å². The molecule has 2 unspecified atom stereocenters. The van der Waals surface area contributed by atoms with Gasteiger partial charge in [0.05, 0.1) is 5.92 Å². The summed E-state index contributed by atoms with van der Waals surface area (Å²) in [5.74, 6) is -2.61. The Hall–Kier alpha value is -1.67. The zero-order valence-corrected chi connectivity index (χ0v) is 14.6. The van der Waals surface area contributed by atoms with Crippen LogP contribution in [0.3, 0.4) is 0 Å². The van der Waals surface area contributed by atoms with Crippen LogP contribution in [0.5, 0.6) is 0 Å². The van der Waals surface area contributed by atoms with Crippen molar-refractivity contribution in [3.8, 4) is 0 Å². The Labute approximate surface area is 142 Å². The molecule has 0 aromatic heterocycles. The van der Waals surface area contributed by atoms with Crippen LogP contribution in [0.1, 0.15) is 52.9 Å². The molecule has 3 amide bonds. The molecule has 0 spiro atoms. The minimum atomic E-state index is -1.64. The molecular formula is C16H29N3O5. The van der Waals surface area contributed by atoms with E-state index in [0.717, 1.165) is 6.42 Å². The van der Waals surface area contributed by atoms with Crippen LogP contribution in [0.4, 0.5) is 0 Å². The third-order valence-electron chi connectivity index (χ3n) is 4.22. The van der Waals surface area contributed by atoms with Crippen molar-refractivity contribution in [3.05, 3.63) is 0 Å². The summed E-state index contributed by atoms with van der Waals surface area (Å²) in [7, 11) is 0. The molecule has 1 aliphatic heterocycles. The number of carbonyl (C=O) groups is 3. The number of carbonyl (C=O) groups excluding carboxylic acids is 3. The van der Waals surface area contributed by atoms with E-state index in [2.05, 4.69) is 5.32 Å². The summed E-state index contributed by atoms with van der Waals surface area (Å²) in [5.41, 5.74) is 1.39. The van der Waals surface area contributed by atoms with Gasteiger partial charge in [-0.2, -0.15) is 0 Å². The summed E-state index contributed by atoms with van der Waals surface area (Å²) in [6.07, 6.45) is 1.40. The fraction of sp³-hybridized carbons (Fsp3) is 0.812. The number of amides is 3. The zero-order valence-electron chi connectivity index (χ0n) is 14.6. The standard InChI is InChI=1S/C16H29N3O5/c1-4-5-7-11(13(20)15(22)18-24)16(23)19-9-6-8-12(19)14(21)17-10(2)3/h10-13,20,24H,4-9H2,1-3H3,(H,17,21)(H,18,22)/t11?,12-,13?/m0/s1. The molecule has 0 bridgehead atoms. The van der Waals surface area contributed by atoms with Crippen LogP contribution < -0.4 is 10.8 Å². The molecule has 0 saturated carbocycles. The number of aliphatic hydroxyl groups excluding tert-OH is 1. The fourth-order valence-electron chi connectivity index (χ4n) is 2.99. The first-order valence-electron chi connectivity index (χ1n) is 8.56. The third kappa shape index (κ3) is 5.17. The summed E-state index contributed by atoms with van der Waals surface area (Å²) in [5, 5.41) is 21.6.